The summed E-state index contributed by atoms with van der Waals surface area (Å²) >= 11 is 6.62. The van der Waals surface area contributed by atoms with Gasteiger partial charge in [0, 0.05) is 27.4 Å². The first-order chi connectivity index (χ1) is 9.87. The maximum atomic E-state index is 12.4. The van der Waals surface area contributed by atoms with E-state index >= 15 is 0 Å². The lowest BCUT2D eigenvalue weighted by atomic mass is 10.3. The van der Waals surface area contributed by atoms with Crippen LogP contribution in [0.25, 0.3) is 0 Å². The highest BCUT2D eigenvalue weighted by Crippen LogP contribution is 2.28. The third-order valence-electron chi connectivity index (χ3n) is 2.95. The van der Waals surface area contributed by atoms with Crippen molar-refractivity contribution in [2.75, 3.05) is 4.72 Å². The number of halogens is 2. The zero-order chi connectivity index (χ0) is 15.6. The number of aromatic nitrogens is 1. The molecule has 2 N–H and O–H groups in total. The van der Waals surface area contributed by atoms with E-state index < -0.39 is 10.0 Å². The van der Waals surface area contributed by atoms with Crippen LogP contribution in [0.2, 0.25) is 0 Å². The van der Waals surface area contributed by atoms with Crippen molar-refractivity contribution in [3.8, 4) is 0 Å². The summed E-state index contributed by atoms with van der Waals surface area (Å²) in [5.41, 5.74) is 1.00. The third kappa shape index (κ3) is 3.68. The number of aliphatic hydroxyl groups excluding tert-OH is 1. The van der Waals surface area contributed by atoms with Gasteiger partial charge in [-0.3, -0.25) is 4.72 Å². The second kappa shape index (κ2) is 6.51. The van der Waals surface area contributed by atoms with E-state index in [1.165, 1.54) is 12.3 Å². The van der Waals surface area contributed by atoms with Crippen LogP contribution in [0.5, 0.6) is 0 Å². The van der Waals surface area contributed by atoms with E-state index in [1.54, 1.807) is 22.8 Å². The van der Waals surface area contributed by atoms with Crippen LogP contribution in [0, 0.1) is 0 Å². The average molecular weight is 438 g/mol. The number of nitrogens with zero attached hydrogens (tertiary/aromatic N) is 1. The Bertz CT molecular complexity index is 735. The molecule has 0 fully saturated rings. The van der Waals surface area contributed by atoms with Gasteiger partial charge in [-0.25, -0.2) is 8.42 Å². The van der Waals surface area contributed by atoms with Crippen molar-refractivity contribution in [2.45, 2.75) is 25.0 Å². The number of nitrogens with one attached hydrogen (secondary N) is 1. The largest absolute Gasteiger partial charge is 0.390 e. The Labute approximate surface area is 140 Å². The summed E-state index contributed by atoms with van der Waals surface area (Å²) in [5, 5.41) is 9.25. The van der Waals surface area contributed by atoms with Gasteiger partial charge in [0.2, 0.25) is 0 Å². The Kier molecular flexibility index (Phi) is 5.13. The second-order valence-corrected chi connectivity index (χ2v) is 7.79. The number of hydrogen-bond donors (Lipinski definition) is 2. The molecule has 0 aliphatic rings. The standard InChI is InChI=1S/C13H14Br2N2O3S/c1-2-17-7-11(6-10(17)8-18)21(19,20)16-13-5-9(14)3-4-12(13)15/h3-7,16,18H,2,8H2,1H3. The zero-order valence-electron chi connectivity index (χ0n) is 11.2. The molecule has 1 aromatic heterocycles. The molecule has 0 atom stereocenters. The van der Waals surface area contributed by atoms with E-state index in [1.807, 2.05) is 6.92 Å². The molecule has 8 heteroatoms. The molecule has 5 nitrogen and oxygen atoms in total. The molecule has 1 heterocycles. The first-order valence-electron chi connectivity index (χ1n) is 6.15. The molecule has 0 saturated heterocycles. The predicted molar refractivity (Wildman–Crippen MR) is 88.7 cm³/mol. The molecule has 0 amide bonds. The van der Waals surface area contributed by atoms with Gasteiger partial charge < -0.3 is 9.67 Å². The summed E-state index contributed by atoms with van der Waals surface area (Å²) in [5.74, 6) is 0. The summed E-state index contributed by atoms with van der Waals surface area (Å²) in [6.07, 6.45) is 1.51. The number of hydrogen-bond acceptors (Lipinski definition) is 3. The Balaban J connectivity index is 2.38. The minimum absolute atomic E-state index is 0.125. The summed E-state index contributed by atoms with van der Waals surface area (Å²) in [7, 11) is -3.71. The lowest BCUT2D eigenvalue weighted by molar-refractivity contribution is 0.271. The summed E-state index contributed by atoms with van der Waals surface area (Å²) in [4.78, 5) is 0.125. The minimum atomic E-state index is -3.71. The molecular formula is C13H14Br2N2O3S. The number of rotatable bonds is 5. The topological polar surface area (TPSA) is 71.3 Å². The molecule has 0 unspecified atom stereocenters. The van der Waals surface area contributed by atoms with E-state index in [9.17, 15) is 13.5 Å². The summed E-state index contributed by atoms with van der Waals surface area (Å²) < 4.78 is 30.5. The van der Waals surface area contributed by atoms with Crippen LogP contribution in [0.15, 0.2) is 44.3 Å². The van der Waals surface area contributed by atoms with E-state index in [0.29, 0.717) is 22.4 Å². The molecule has 2 aromatic rings. The van der Waals surface area contributed by atoms with Crippen LogP contribution in [-0.4, -0.2) is 18.1 Å². The molecule has 0 saturated carbocycles. The van der Waals surface area contributed by atoms with Crippen LogP contribution in [-0.2, 0) is 23.2 Å². The Morgan fingerprint density at radius 1 is 1.29 bits per heavy atom. The van der Waals surface area contributed by atoms with Crippen LogP contribution in [0.4, 0.5) is 5.69 Å². The van der Waals surface area contributed by atoms with Crippen molar-refractivity contribution in [3.05, 3.63) is 45.1 Å². The molecule has 1 aromatic carbocycles. The van der Waals surface area contributed by atoms with E-state index in [2.05, 4.69) is 36.6 Å². The maximum Gasteiger partial charge on any atom is 0.263 e. The third-order valence-corrected chi connectivity index (χ3v) is 5.46. The van der Waals surface area contributed by atoms with Crippen molar-refractivity contribution in [3.63, 3.8) is 0 Å². The normalized spacial score (nSPS) is 11.6. The van der Waals surface area contributed by atoms with E-state index in [4.69, 9.17) is 0 Å². The number of aliphatic hydroxyl groups is 1. The maximum absolute atomic E-state index is 12.4. The summed E-state index contributed by atoms with van der Waals surface area (Å²) in [6, 6.07) is 6.70. The first-order valence-corrected chi connectivity index (χ1v) is 9.22. The fraction of sp³-hybridized carbons (Fsp3) is 0.231. The minimum Gasteiger partial charge on any atom is -0.390 e. The fourth-order valence-corrected chi connectivity index (χ4v) is 3.85. The molecule has 0 spiro atoms. The monoisotopic (exact) mass is 436 g/mol. The lowest BCUT2D eigenvalue weighted by Crippen LogP contribution is -2.12. The van der Waals surface area contributed by atoms with E-state index in [0.717, 1.165) is 4.47 Å². The van der Waals surface area contributed by atoms with Crippen LogP contribution in [0.3, 0.4) is 0 Å². The first kappa shape index (κ1) is 16.5. The van der Waals surface area contributed by atoms with Crippen molar-refractivity contribution >= 4 is 47.6 Å². The van der Waals surface area contributed by atoms with Gasteiger partial charge in [-0.1, -0.05) is 15.9 Å². The van der Waals surface area contributed by atoms with Gasteiger partial charge >= 0.3 is 0 Å². The predicted octanol–water partition coefficient (Wildman–Crippen LogP) is 3.33. The van der Waals surface area contributed by atoms with Crippen molar-refractivity contribution < 1.29 is 13.5 Å². The quantitative estimate of drug-likeness (QED) is 0.753. The highest BCUT2D eigenvalue weighted by atomic mass is 79.9. The van der Waals surface area contributed by atoms with Crippen molar-refractivity contribution in [1.82, 2.24) is 4.57 Å². The van der Waals surface area contributed by atoms with Crippen LogP contribution >= 0.6 is 31.9 Å². The Morgan fingerprint density at radius 3 is 2.57 bits per heavy atom. The molecule has 0 aliphatic heterocycles. The molecule has 21 heavy (non-hydrogen) atoms. The molecule has 0 bridgehead atoms. The van der Waals surface area contributed by atoms with Crippen LogP contribution in [0.1, 0.15) is 12.6 Å². The van der Waals surface area contributed by atoms with Crippen molar-refractivity contribution in [2.24, 2.45) is 0 Å². The van der Waals surface area contributed by atoms with Gasteiger partial charge in [0.05, 0.1) is 12.3 Å². The lowest BCUT2D eigenvalue weighted by Gasteiger charge is -2.09. The Morgan fingerprint density at radius 2 is 2.00 bits per heavy atom. The summed E-state index contributed by atoms with van der Waals surface area (Å²) in [6.45, 7) is 2.27. The van der Waals surface area contributed by atoms with Crippen LogP contribution < -0.4 is 4.72 Å². The molecule has 114 valence electrons. The molecule has 0 radical (unpaired) electrons. The second-order valence-electron chi connectivity index (χ2n) is 4.34. The number of benzene rings is 1. The number of aryl methyl sites for hydroxylation is 1. The molecular weight excluding hydrogens is 424 g/mol. The number of sulfonamides is 1. The highest BCUT2D eigenvalue weighted by molar-refractivity contribution is 9.11. The molecule has 0 aliphatic carbocycles. The fourth-order valence-electron chi connectivity index (χ4n) is 1.88. The zero-order valence-corrected chi connectivity index (χ0v) is 15.2. The van der Waals surface area contributed by atoms with Gasteiger partial charge in [0.1, 0.15) is 4.90 Å². The SMILES string of the molecule is CCn1cc(S(=O)(=O)Nc2cc(Br)ccc2Br)cc1CO. The van der Waals surface area contributed by atoms with Gasteiger partial charge in [-0.05, 0) is 47.1 Å². The smallest absolute Gasteiger partial charge is 0.263 e. The van der Waals surface area contributed by atoms with Gasteiger partial charge in [-0.2, -0.15) is 0 Å². The molecule has 2 rings (SSSR count). The van der Waals surface area contributed by atoms with Gasteiger partial charge in [0.25, 0.3) is 10.0 Å². The van der Waals surface area contributed by atoms with Gasteiger partial charge in [-0.15, -0.1) is 0 Å². The average Bonchev–Trinajstić information content (AvgIpc) is 2.86. The Hall–Kier alpha value is -0.830. The van der Waals surface area contributed by atoms with Gasteiger partial charge in [0.15, 0.2) is 0 Å². The van der Waals surface area contributed by atoms with E-state index in [-0.39, 0.29) is 11.5 Å². The number of anilines is 1. The highest BCUT2D eigenvalue weighted by Gasteiger charge is 2.19. The van der Waals surface area contributed by atoms with Crippen molar-refractivity contribution in [1.29, 1.82) is 0 Å².